The predicted molar refractivity (Wildman–Crippen MR) is 84.1 cm³/mol. The molecule has 1 heterocycles. The van der Waals surface area contributed by atoms with Crippen LogP contribution >= 0.6 is 0 Å². The van der Waals surface area contributed by atoms with E-state index >= 15 is 0 Å². The van der Waals surface area contributed by atoms with E-state index in [-0.39, 0.29) is 24.2 Å². The number of amides is 1. The first-order chi connectivity index (χ1) is 9.97. The molecule has 0 N–H and O–H groups in total. The third-order valence-electron chi connectivity index (χ3n) is 4.11. The van der Waals surface area contributed by atoms with Crippen LogP contribution in [0.5, 0.6) is 0 Å². The van der Waals surface area contributed by atoms with Crippen LogP contribution in [0.25, 0.3) is 0 Å². The summed E-state index contributed by atoms with van der Waals surface area (Å²) in [5, 5.41) is 0. The van der Waals surface area contributed by atoms with Crippen molar-refractivity contribution in [3.05, 3.63) is 35.9 Å². The number of likely N-dealkylation sites (N-methyl/N-ethyl adjacent to an activating group) is 1. The van der Waals surface area contributed by atoms with Crippen LogP contribution in [0.15, 0.2) is 30.3 Å². The minimum atomic E-state index is 0.0922. The highest BCUT2D eigenvalue weighted by atomic mass is 16.5. The maximum absolute atomic E-state index is 12.5. The molecule has 1 aromatic carbocycles. The third-order valence-corrected chi connectivity index (χ3v) is 4.11. The summed E-state index contributed by atoms with van der Waals surface area (Å²) in [6, 6.07) is 10.2. The van der Waals surface area contributed by atoms with Crippen molar-refractivity contribution in [1.29, 1.82) is 0 Å². The molecule has 0 bridgehead atoms. The maximum atomic E-state index is 12.5. The maximum Gasteiger partial charge on any atom is 0.236 e. The van der Waals surface area contributed by atoms with Crippen molar-refractivity contribution in [3.8, 4) is 0 Å². The van der Waals surface area contributed by atoms with Crippen molar-refractivity contribution in [3.63, 3.8) is 0 Å². The molecule has 4 nitrogen and oxygen atoms in total. The standard InChI is InChI=1S/C17H26N2O2/c1-13-10-19(11-14(2)21-13)12-17(20)18(4)15(3)16-8-6-5-7-9-16/h5-9,13-15H,10-12H2,1-4H3. The van der Waals surface area contributed by atoms with Gasteiger partial charge in [-0.15, -0.1) is 0 Å². The molecule has 1 saturated heterocycles. The molecule has 0 aliphatic carbocycles. The number of hydrogen-bond acceptors (Lipinski definition) is 3. The van der Waals surface area contributed by atoms with E-state index in [9.17, 15) is 4.79 Å². The molecule has 3 atom stereocenters. The van der Waals surface area contributed by atoms with E-state index in [0.717, 1.165) is 18.7 Å². The Morgan fingerprint density at radius 1 is 1.29 bits per heavy atom. The Morgan fingerprint density at radius 3 is 2.43 bits per heavy atom. The van der Waals surface area contributed by atoms with Crippen LogP contribution in [0, 0.1) is 0 Å². The molecular formula is C17H26N2O2. The summed E-state index contributed by atoms with van der Waals surface area (Å²) < 4.78 is 5.71. The van der Waals surface area contributed by atoms with Gasteiger partial charge in [-0.2, -0.15) is 0 Å². The molecule has 4 heteroatoms. The first kappa shape index (κ1) is 16.0. The zero-order valence-corrected chi connectivity index (χ0v) is 13.5. The summed E-state index contributed by atoms with van der Waals surface area (Å²) in [6.07, 6.45) is 0.386. The largest absolute Gasteiger partial charge is 0.373 e. The number of carbonyl (C=O) groups is 1. The van der Waals surface area contributed by atoms with Gasteiger partial charge in [-0.25, -0.2) is 0 Å². The summed E-state index contributed by atoms with van der Waals surface area (Å²) in [4.78, 5) is 16.5. The number of carbonyl (C=O) groups excluding carboxylic acids is 1. The highest BCUT2D eigenvalue weighted by molar-refractivity contribution is 5.78. The van der Waals surface area contributed by atoms with Crippen LogP contribution in [0.1, 0.15) is 32.4 Å². The summed E-state index contributed by atoms with van der Waals surface area (Å²) in [5.41, 5.74) is 1.16. The van der Waals surface area contributed by atoms with Gasteiger partial charge in [-0.1, -0.05) is 30.3 Å². The second-order valence-corrected chi connectivity index (χ2v) is 6.04. The van der Waals surface area contributed by atoms with Gasteiger partial charge in [0.05, 0.1) is 24.8 Å². The van der Waals surface area contributed by atoms with Crippen molar-refractivity contribution in [1.82, 2.24) is 9.80 Å². The summed E-state index contributed by atoms with van der Waals surface area (Å²) >= 11 is 0. The lowest BCUT2D eigenvalue weighted by Gasteiger charge is -2.36. The van der Waals surface area contributed by atoms with Gasteiger partial charge in [0.15, 0.2) is 0 Å². The molecule has 1 aromatic rings. The first-order valence-electron chi connectivity index (χ1n) is 7.65. The molecule has 1 amide bonds. The van der Waals surface area contributed by atoms with Crippen molar-refractivity contribution in [2.75, 3.05) is 26.7 Å². The number of morpholine rings is 1. The van der Waals surface area contributed by atoms with E-state index in [4.69, 9.17) is 4.74 Å². The van der Waals surface area contributed by atoms with E-state index < -0.39 is 0 Å². The van der Waals surface area contributed by atoms with E-state index in [2.05, 4.69) is 37.8 Å². The molecular weight excluding hydrogens is 264 g/mol. The summed E-state index contributed by atoms with van der Waals surface area (Å²) in [5.74, 6) is 0.160. The number of rotatable bonds is 4. The topological polar surface area (TPSA) is 32.8 Å². The van der Waals surface area contributed by atoms with Crippen LogP contribution in [0.3, 0.4) is 0 Å². The molecule has 1 aliphatic rings. The SMILES string of the molecule is CC1CN(CC(=O)N(C)C(C)c2ccccc2)CC(C)O1. The van der Waals surface area contributed by atoms with Crippen LogP contribution in [0.4, 0.5) is 0 Å². The average Bonchev–Trinajstić information content (AvgIpc) is 2.45. The fourth-order valence-electron chi connectivity index (χ4n) is 2.89. The van der Waals surface area contributed by atoms with Gasteiger partial charge in [0, 0.05) is 20.1 Å². The number of benzene rings is 1. The molecule has 1 fully saturated rings. The van der Waals surface area contributed by atoms with Gasteiger partial charge >= 0.3 is 0 Å². The third kappa shape index (κ3) is 4.29. The second kappa shape index (κ2) is 7.05. The van der Waals surface area contributed by atoms with Gasteiger partial charge < -0.3 is 9.64 Å². The van der Waals surface area contributed by atoms with Crippen LogP contribution in [-0.4, -0.2) is 54.6 Å². The predicted octanol–water partition coefficient (Wildman–Crippen LogP) is 2.32. The van der Waals surface area contributed by atoms with Gasteiger partial charge in [-0.3, -0.25) is 9.69 Å². The normalized spacial score (nSPS) is 24.6. The Morgan fingerprint density at radius 2 is 1.86 bits per heavy atom. The zero-order valence-electron chi connectivity index (χ0n) is 13.5. The van der Waals surface area contributed by atoms with Crippen molar-refractivity contribution >= 4 is 5.91 Å². The number of ether oxygens (including phenoxy) is 1. The van der Waals surface area contributed by atoms with Gasteiger partial charge in [0.25, 0.3) is 0 Å². The fraction of sp³-hybridized carbons (Fsp3) is 0.588. The lowest BCUT2D eigenvalue weighted by molar-refractivity contribution is -0.136. The second-order valence-electron chi connectivity index (χ2n) is 6.04. The van der Waals surface area contributed by atoms with Crippen LogP contribution < -0.4 is 0 Å². The average molecular weight is 290 g/mol. The van der Waals surface area contributed by atoms with E-state index in [0.29, 0.717) is 6.54 Å². The molecule has 2 rings (SSSR count). The highest BCUT2D eigenvalue weighted by Gasteiger charge is 2.26. The molecule has 3 unspecified atom stereocenters. The zero-order chi connectivity index (χ0) is 15.4. The van der Waals surface area contributed by atoms with Gasteiger partial charge in [0.1, 0.15) is 0 Å². The smallest absolute Gasteiger partial charge is 0.236 e. The monoisotopic (exact) mass is 290 g/mol. The van der Waals surface area contributed by atoms with Crippen molar-refractivity contribution < 1.29 is 9.53 Å². The molecule has 21 heavy (non-hydrogen) atoms. The lowest BCUT2D eigenvalue weighted by atomic mass is 10.1. The molecule has 0 radical (unpaired) electrons. The molecule has 0 saturated carbocycles. The van der Waals surface area contributed by atoms with Crippen molar-refractivity contribution in [2.24, 2.45) is 0 Å². The highest BCUT2D eigenvalue weighted by Crippen LogP contribution is 2.19. The minimum Gasteiger partial charge on any atom is -0.373 e. The Kier molecular flexibility index (Phi) is 5.37. The molecule has 0 aromatic heterocycles. The Hall–Kier alpha value is -1.39. The molecule has 1 aliphatic heterocycles. The Labute approximate surface area is 127 Å². The van der Waals surface area contributed by atoms with E-state index in [1.165, 1.54) is 0 Å². The van der Waals surface area contributed by atoms with Crippen LogP contribution in [-0.2, 0) is 9.53 Å². The minimum absolute atomic E-state index is 0.0922. The molecule has 0 spiro atoms. The van der Waals surface area contributed by atoms with E-state index in [1.807, 2.05) is 30.1 Å². The summed E-state index contributed by atoms with van der Waals surface area (Å²) in [7, 11) is 1.88. The number of hydrogen-bond donors (Lipinski definition) is 0. The van der Waals surface area contributed by atoms with E-state index in [1.54, 1.807) is 0 Å². The first-order valence-corrected chi connectivity index (χ1v) is 7.65. The fourth-order valence-corrected chi connectivity index (χ4v) is 2.89. The Balaban J connectivity index is 1.93. The van der Waals surface area contributed by atoms with Crippen molar-refractivity contribution in [2.45, 2.75) is 39.0 Å². The Bertz CT molecular complexity index is 453. The lowest BCUT2D eigenvalue weighted by Crippen LogP contribution is -2.49. The summed E-state index contributed by atoms with van der Waals surface area (Å²) in [6.45, 7) is 8.30. The molecule has 116 valence electrons. The number of nitrogens with zero attached hydrogens (tertiary/aromatic N) is 2. The van der Waals surface area contributed by atoms with Gasteiger partial charge in [-0.05, 0) is 26.3 Å². The van der Waals surface area contributed by atoms with Gasteiger partial charge in [0.2, 0.25) is 5.91 Å². The quantitative estimate of drug-likeness (QED) is 0.853. The van der Waals surface area contributed by atoms with Crippen LogP contribution in [0.2, 0.25) is 0 Å².